The molecule has 2 saturated heterocycles. The van der Waals surface area contributed by atoms with Crippen molar-refractivity contribution in [3.05, 3.63) is 148 Å². The number of terminal acetylenes is 1. The predicted molar refractivity (Wildman–Crippen MR) is 329 cm³/mol. The second-order valence-electron chi connectivity index (χ2n) is 24.3. The number of pyridine rings is 1. The maximum atomic E-state index is 13.9. The molecule has 3 fully saturated rings. The molecule has 2 aliphatic heterocycles. The van der Waals surface area contributed by atoms with Crippen molar-refractivity contribution in [2.45, 2.75) is 113 Å². The number of alkyl carbamates (subject to hydrolysis) is 1. The molecule has 448 valence electrons. The molecule has 19 nitrogen and oxygen atoms in total. The number of H-pyrrole nitrogens is 1. The van der Waals surface area contributed by atoms with Gasteiger partial charge in [-0.1, -0.05) is 90.8 Å². The minimum absolute atomic E-state index is 0.0180. The summed E-state index contributed by atoms with van der Waals surface area (Å²) in [5, 5.41) is 13.0. The zero-order chi connectivity index (χ0) is 60.2. The van der Waals surface area contributed by atoms with Crippen LogP contribution in [-0.4, -0.2) is 137 Å². The number of anilines is 1. The number of hydrogen-bond donors (Lipinski definition) is 5. The maximum absolute atomic E-state index is 13.9. The van der Waals surface area contributed by atoms with Crippen molar-refractivity contribution >= 4 is 51.6 Å². The molecule has 0 spiro atoms. The number of amides is 3. The highest BCUT2D eigenvalue weighted by Crippen LogP contribution is 2.46. The van der Waals surface area contributed by atoms with Crippen LogP contribution < -0.4 is 31.7 Å². The lowest BCUT2D eigenvalue weighted by molar-refractivity contribution is -0.156. The molecule has 4 aromatic carbocycles. The van der Waals surface area contributed by atoms with Crippen LogP contribution in [0.5, 0.6) is 0 Å². The van der Waals surface area contributed by atoms with Crippen LogP contribution >= 0.6 is 0 Å². The quantitative estimate of drug-likeness (QED) is 0.0201. The monoisotopic (exact) mass is 1160 g/mol. The van der Waals surface area contributed by atoms with E-state index < -0.39 is 54.1 Å². The number of nitrogens with one attached hydrogen (secondary N) is 5. The smallest absolute Gasteiger partial charge is 0.407 e. The number of nitrogens with zero attached hydrogens (tertiary/aromatic N) is 5. The van der Waals surface area contributed by atoms with Gasteiger partial charge in [-0.2, -0.15) is 0 Å². The van der Waals surface area contributed by atoms with E-state index in [1.165, 1.54) is 0 Å². The van der Waals surface area contributed by atoms with Crippen LogP contribution in [-0.2, 0) is 46.0 Å². The summed E-state index contributed by atoms with van der Waals surface area (Å²) >= 11 is 0. The first-order valence-corrected chi connectivity index (χ1v) is 29.8. The van der Waals surface area contributed by atoms with Gasteiger partial charge in [0.05, 0.1) is 43.4 Å². The van der Waals surface area contributed by atoms with E-state index in [0.717, 1.165) is 114 Å². The average molecular weight is 1170 g/mol. The number of hydrogen-bond acceptors (Lipinski definition) is 14. The van der Waals surface area contributed by atoms with Gasteiger partial charge in [0.2, 0.25) is 17.8 Å². The largest absolute Gasteiger partial charge is 0.460 e. The lowest BCUT2D eigenvalue weighted by Gasteiger charge is -2.45. The van der Waals surface area contributed by atoms with E-state index in [1.807, 2.05) is 103 Å². The molecule has 5 N–H and O–H groups in total. The number of carbonyl (C=O) groups is 4. The van der Waals surface area contributed by atoms with Gasteiger partial charge < -0.3 is 59.6 Å². The van der Waals surface area contributed by atoms with E-state index in [0.29, 0.717) is 35.3 Å². The third-order valence-electron chi connectivity index (χ3n) is 17.0. The number of rotatable bonds is 21. The van der Waals surface area contributed by atoms with Crippen molar-refractivity contribution in [2.75, 3.05) is 64.1 Å². The second-order valence-corrected chi connectivity index (χ2v) is 24.3. The molecule has 1 saturated carbocycles. The van der Waals surface area contributed by atoms with E-state index in [-0.39, 0.29) is 43.1 Å². The SMILES string of the molecule is C#CCNC1(C)CCN(C2CCN(c3nc(C(COCNC(=O)CNC(=O)[C@H](CC(=O)OC(C)(C)C)NC(=O)OCC4c5ccccc5-c5ccccc54)(OC4CC4)c4ccccc4)c4cc(-c5cn(C)c(=O)c6[nH]ccc56)ccc4n3)CC2)CC1. The van der Waals surface area contributed by atoms with E-state index in [4.69, 9.17) is 35.3 Å². The standard InChI is InChI=1S/C67H76N10O9/c1-7-30-71-66(5)28-34-76(35-29-66)45-26-32-77(33-27-45)63-72-55-24-21-43(53-39-75(6)62(81)59-51(53)25-31-68-59)36-52(55)60(74-63)67(85-46-22-23-46,44-15-9-8-10-16-44)41-83-42-70-57(78)38-69-61(80)56(37-58(79)86-65(2,3)4)73-64(82)84-40-54-49-19-13-11-17-47(49)48-18-12-14-20-50(48)54/h1,8-21,24-25,31,36,39,45-46,54,56,68,71H,22-23,26-30,32-35,37-38,40-42H2,2-6H3,(H,69,80)(H,70,78)(H,73,82)/t56-,67?/m0/s1. The predicted octanol–water partition coefficient (Wildman–Crippen LogP) is 7.79. The molecular weight excluding hydrogens is 1090 g/mol. The molecule has 0 radical (unpaired) electrons. The number of carbonyl (C=O) groups excluding carboxylic acids is 4. The first-order valence-electron chi connectivity index (χ1n) is 29.8. The summed E-state index contributed by atoms with van der Waals surface area (Å²) in [6.45, 7) is 10.5. The molecule has 5 heterocycles. The van der Waals surface area contributed by atoms with E-state index >= 15 is 0 Å². The summed E-state index contributed by atoms with van der Waals surface area (Å²) in [5.41, 5.74) is 6.06. The highest BCUT2D eigenvalue weighted by atomic mass is 16.6. The van der Waals surface area contributed by atoms with Crippen LogP contribution in [0.15, 0.2) is 120 Å². The van der Waals surface area contributed by atoms with Gasteiger partial charge in [0.25, 0.3) is 5.56 Å². The van der Waals surface area contributed by atoms with Gasteiger partial charge in [-0.3, -0.25) is 19.2 Å². The number of piperidine rings is 2. The van der Waals surface area contributed by atoms with Gasteiger partial charge in [-0.15, -0.1) is 6.42 Å². The molecule has 0 bridgehead atoms. The van der Waals surface area contributed by atoms with Crippen molar-refractivity contribution in [2.24, 2.45) is 7.05 Å². The molecular formula is C67H76N10O9. The van der Waals surface area contributed by atoms with Crippen molar-refractivity contribution in [1.29, 1.82) is 0 Å². The highest BCUT2D eigenvalue weighted by molar-refractivity contribution is 5.98. The second kappa shape index (κ2) is 25.3. The molecule has 3 amide bonds. The number of benzene rings is 4. The fourth-order valence-corrected chi connectivity index (χ4v) is 12.3. The molecule has 7 aromatic rings. The van der Waals surface area contributed by atoms with Crippen LogP contribution in [0, 0.1) is 12.3 Å². The van der Waals surface area contributed by atoms with E-state index in [1.54, 1.807) is 38.6 Å². The summed E-state index contributed by atoms with van der Waals surface area (Å²) < 4.78 is 26.6. The summed E-state index contributed by atoms with van der Waals surface area (Å²) in [6, 6.07) is 32.7. The Labute approximate surface area is 500 Å². The van der Waals surface area contributed by atoms with Gasteiger partial charge in [0, 0.05) is 79.5 Å². The van der Waals surface area contributed by atoms with Crippen molar-refractivity contribution in [3.63, 3.8) is 0 Å². The van der Waals surface area contributed by atoms with Crippen molar-refractivity contribution in [1.82, 2.24) is 45.7 Å². The average Bonchev–Trinajstić information content (AvgIpc) is 0.986. The van der Waals surface area contributed by atoms with Gasteiger partial charge in [0.15, 0.2) is 5.60 Å². The maximum Gasteiger partial charge on any atom is 0.407 e. The first kappa shape index (κ1) is 59.3. The minimum Gasteiger partial charge on any atom is -0.460 e. The molecule has 2 aliphatic carbocycles. The Morgan fingerprint density at radius 3 is 2.22 bits per heavy atom. The normalized spacial score (nSPS) is 17.2. The molecule has 86 heavy (non-hydrogen) atoms. The van der Waals surface area contributed by atoms with Crippen LogP contribution in [0.1, 0.15) is 101 Å². The number of aromatic nitrogens is 4. The van der Waals surface area contributed by atoms with Gasteiger partial charge in [-0.05, 0) is 118 Å². The van der Waals surface area contributed by atoms with Crippen molar-refractivity contribution < 1.29 is 38.1 Å². The Hall–Kier alpha value is -8.41. The Kier molecular flexibility index (Phi) is 17.4. The van der Waals surface area contributed by atoms with E-state index in [2.05, 4.69) is 55.0 Å². The number of fused-ring (bicyclic) bond motifs is 5. The highest BCUT2D eigenvalue weighted by Gasteiger charge is 2.45. The fourth-order valence-electron chi connectivity index (χ4n) is 12.3. The topological polar surface area (TPSA) is 223 Å². The molecule has 1 unspecified atom stereocenters. The number of aromatic amines is 1. The zero-order valence-corrected chi connectivity index (χ0v) is 49.6. The third-order valence-corrected chi connectivity index (χ3v) is 17.0. The van der Waals surface area contributed by atoms with Crippen LogP contribution in [0.3, 0.4) is 0 Å². The summed E-state index contributed by atoms with van der Waals surface area (Å²) in [7, 11) is 1.74. The molecule has 19 heteroatoms. The lowest BCUT2D eigenvalue weighted by Crippen LogP contribution is -2.55. The van der Waals surface area contributed by atoms with E-state index in [9.17, 15) is 24.0 Å². The van der Waals surface area contributed by atoms with Crippen LogP contribution in [0.25, 0.3) is 44.1 Å². The minimum atomic E-state index is -1.44. The molecule has 3 aromatic heterocycles. The third kappa shape index (κ3) is 13.2. The number of esters is 1. The zero-order valence-electron chi connectivity index (χ0n) is 49.6. The Morgan fingerprint density at radius 2 is 1.53 bits per heavy atom. The molecule has 2 atom stereocenters. The van der Waals surface area contributed by atoms with Crippen molar-refractivity contribution in [3.8, 4) is 34.6 Å². The first-order chi connectivity index (χ1) is 41.5. The number of likely N-dealkylation sites (tertiary alicyclic amines) is 1. The summed E-state index contributed by atoms with van der Waals surface area (Å²) in [4.78, 5) is 86.3. The Balaban J connectivity index is 0.823. The number of aryl methyl sites for hydroxylation is 1. The Bertz CT molecular complexity index is 3690. The fraction of sp³-hybridized carbons (Fsp3) is 0.418. The van der Waals surface area contributed by atoms with Gasteiger partial charge in [0.1, 0.15) is 30.5 Å². The lowest BCUT2D eigenvalue weighted by atomic mass is 9.87. The summed E-state index contributed by atoms with van der Waals surface area (Å²) in [6.07, 6.45) is 13.2. The summed E-state index contributed by atoms with van der Waals surface area (Å²) in [5.74, 6) is 0.936. The molecule has 4 aliphatic rings. The van der Waals surface area contributed by atoms with Gasteiger partial charge >= 0.3 is 12.1 Å². The Morgan fingerprint density at radius 1 is 0.837 bits per heavy atom. The van der Waals surface area contributed by atoms with Crippen LogP contribution in [0.4, 0.5) is 10.7 Å². The van der Waals surface area contributed by atoms with Crippen LogP contribution in [0.2, 0.25) is 0 Å². The number of ether oxygens (including phenoxy) is 4. The molecule has 11 rings (SSSR count). The van der Waals surface area contributed by atoms with Gasteiger partial charge in [-0.25, -0.2) is 14.8 Å².